The van der Waals surface area contributed by atoms with Gasteiger partial charge in [0.05, 0.1) is 11.4 Å². The lowest BCUT2D eigenvalue weighted by Gasteiger charge is -2.08. The third-order valence-electron chi connectivity index (χ3n) is 5.18. The summed E-state index contributed by atoms with van der Waals surface area (Å²) in [7, 11) is 0. The minimum Gasteiger partial charge on any atom is -0.484 e. The molecule has 4 rings (SSSR count). The summed E-state index contributed by atoms with van der Waals surface area (Å²) in [6.07, 6.45) is 1.02. The lowest BCUT2D eigenvalue weighted by molar-refractivity contribution is -0.123. The first-order chi connectivity index (χ1) is 16.0. The molecule has 1 amide bonds. The fourth-order valence-electron chi connectivity index (χ4n) is 3.49. The molecule has 0 bridgehead atoms. The summed E-state index contributed by atoms with van der Waals surface area (Å²) in [5.74, 6) is 0.224. The average Bonchev–Trinajstić information content (AvgIpc) is 3.15. The predicted molar refractivity (Wildman–Crippen MR) is 123 cm³/mol. The summed E-state index contributed by atoms with van der Waals surface area (Å²) >= 11 is 0. The molecule has 7 nitrogen and oxygen atoms in total. The molecule has 0 aliphatic heterocycles. The maximum atomic E-state index is 13.2. The summed E-state index contributed by atoms with van der Waals surface area (Å²) in [6, 6.07) is 21.4. The molecule has 0 aliphatic rings. The Kier molecular flexibility index (Phi) is 6.51. The third-order valence-corrected chi connectivity index (χ3v) is 5.18. The summed E-state index contributed by atoms with van der Waals surface area (Å²) < 4.78 is 20.2. The number of nitrogens with two attached hydrogens (primary N) is 1. The van der Waals surface area contributed by atoms with Gasteiger partial charge in [0.15, 0.2) is 6.61 Å². The monoisotopic (exact) mass is 443 g/mol. The summed E-state index contributed by atoms with van der Waals surface area (Å²) in [4.78, 5) is 12.1. The van der Waals surface area contributed by atoms with E-state index in [0.29, 0.717) is 36.5 Å². The quantitative estimate of drug-likeness (QED) is 0.404. The highest BCUT2D eigenvalue weighted by molar-refractivity contribution is 5.84. The van der Waals surface area contributed by atoms with E-state index in [9.17, 15) is 14.4 Å². The van der Waals surface area contributed by atoms with E-state index in [1.807, 2.05) is 42.5 Å². The number of halogens is 1. The standard InChI is InChI=1S/C25H22FN5O2/c26-19-8-10-20(11-9-19)31-25(28)22(15-27)23(30-31)6-3-13-29-24(32)16-33-21-12-7-17-4-1-2-5-18(17)14-21/h1-2,4-5,7-12,14H,3,6,13,16,28H2,(H,29,32). The average molecular weight is 443 g/mol. The highest BCUT2D eigenvalue weighted by Gasteiger charge is 2.16. The van der Waals surface area contributed by atoms with E-state index in [2.05, 4.69) is 16.5 Å². The normalized spacial score (nSPS) is 10.7. The molecule has 4 aromatic rings. The predicted octanol–water partition coefficient (Wildman–Crippen LogP) is 3.75. The lowest BCUT2D eigenvalue weighted by Crippen LogP contribution is -2.29. The number of anilines is 1. The highest BCUT2D eigenvalue weighted by atomic mass is 19.1. The van der Waals surface area contributed by atoms with Gasteiger partial charge < -0.3 is 15.8 Å². The highest BCUT2D eigenvalue weighted by Crippen LogP contribution is 2.22. The second-order valence-corrected chi connectivity index (χ2v) is 7.46. The molecule has 166 valence electrons. The fraction of sp³-hybridized carbons (Fsp3) is 0.160. The van der Waals surface area contributed by atoms with Crippen LogP contribution in [-0.4, -0.2) is 28.8 Å². The number of aryl methyl sites for hydroxylation is 1. The molecule has 0 fully saturated rings. The van der Waals surface area contributed by atoms with E-state index in [0.717, 1.165) is 10.8 Å². The number of hydrogen-bond acceptors (Lipinski definition) is 5. The lowest BCUT2D eigenvalue weighted by atomic mass is 10.1. The van der Waals surface area contributed by atoms with Crippen molar-refractivity contribution in [3.8, 4) is 17.5 Å². The smallest absolute Gasteiger partial charge is 0.257 e. The Bertz CT molecular complexity index is 1330. The van der Waals surface area contributed by atoms with Gasteiger partial charge in [-0.2, -0.15) is 10.4 Å². The summed E-state index contributed by atoms with van der Waals surface area (Å²) in [5.41, 5.74) is 7.44. The van der Waals surface area contributed by atoms with Gasteiger partial charge in [0.2, 0.25) is 0 Å². The van der Waals surface area contributed by atoms with Crippen molar-refractivity contribution in [2.24, 2.45) is 0 Å². The number of benzene rings is 3. The largest absolute Gasteiger partial charge is 0.484 e. The van der Waals surface area contributed by atoms with Crippen LogP contribution in [0.2, 0.25) is 0 Å². The van der Waals surface area contributed by atoms with Crippen LogP contribution in [0.15, 0.2) is 66.7 Å². The number of nitrogen functional groups attached to an aromatic ring is 1. The molecule has 0 radical (unpaired) electrons. The minimum atomic E-state index is -0.370. The first kappa shape index (κ1) is 21.8. The van der Waals surface area contributed by atoms with Crippen LogP contribution in [0, 0.1) is 17.1 Å². The van der Waals surface area contributed by atoms with Crippen molar-refractivity contribution in [1.29, 1.82) is 5.26 Å². The SMILES string of the molecule is N#Cc1c(CCCNC(=O)COc2ccc3ccccc3c2)nn(-c2ccc(F)cc2)c1N. The first-order valence-corrected chi connectivity index (χ1v) is 10.5. The number of carbonyl (C=O) groups excluding carboxylic acids is 1. The molecule has 0 aliphatic carbocycles. The molecule has 1 aromatic heterocycles. The summed E-state index contributed by atoms with van der Waals surface area (Å²) in [5, 5.41) is 18.8. The first-order valence-electron chi connectivity index (χ1n) is 10.5. The Labute approximate surface area is 190 Å². The number of aromatic nitrogens is 2. The van der Waals surface area contributed by atoms with Crippen molar-refractivity contribution in [2.45, 2.75) is 12.8 Å². The van der Waals surface area contributed by atoms with E-state index in [1.165, 1.54) is 16.8 Å². The second-order valence-electron chi connectivity index (χ2n) is 7.46. The molecule has 0 saturated carbocycles. The van der Waals surface area contributed by atoms with Crippen LogP contribution in [-0.2, 0) is 11.2 Å². The Hall–Kier alpha value is -4.38. The van der Waals surface area contributed by atoms with Gasteiger partial charge in [-0.15, -0.1) is 0 Å². The van der Waals surface area contributed by atoms with Gasteiger partial charge in [-0.1, -0.05) is 30.3 Å². The van der Waals surface area contributed by atoms with Crippen LogP contribution < -0.4 is 15.8 Å². The third kappa shape index (κ3) is 5.10. The number of carbonyl (C=O) groups is 1. The van der Waals surface area contributed by atoms with Crippen molar-refractivity contribution in [2.75, 3.05) is 18.9 Å². The molecule has 0 saturated heterocycles. The Morgan fingerprint density at radius 2 is 1.88 bits per heavy atom. The Balaban J connectivity index is 1.28. The Morgan fingerprint density at radius 1 is 1.12 bits per heavy atom. The maximum Gasteiger partial charge on any atom is 0.257 e. The van der Waals surface area contributed by atoms with Crippen LogP contribution in [0.25, 0.3) is 16.5 Å². The van der Waals surface area contributed by atoms with Crippen molar-refractivity contribution in [3.63, 3.8) is 0 Å². The molecule has 1 heterocycles. The van der Waals surface area contributed by atoms with Gasteiger partial charge in [0, 0.05) is 6.54 Å². The van der Waals surface area contributed by atoms with Gasteiger partial charge in [-0.05, 0) is 60.0 Å². The van der Waals surface area contributed by atoms with E-state index in [-0.39, 0.29) is 29.7 Å². The fourth-order valence-corrected chi connectivity index (χ4v) is 3.49. The zero-order valence-electron chi connectivity index (χ0n) is 17.8. The number of rotatable bonds is 8. The minimum absolute atomic E-state index is 0.0894. The maximum absolute atomic E-state index is 13.2. The molecular weight excluding hydrogens is 421 g/mol. The molecule has 0 spiro atoms. The van der Waals surface area contributed by atoms with Crippen LogP contribution in [0.1, 0.15) is 17.7 Å². The molecule has 33 heavy (non-hydrogen) atoms. The van der Waals surface area contributed by atoms with Crippen molar-refractivity contribution in [1.82, 2.24) is 15.1 Å². The number of fused-ring (bicyclic) bond motifs is 1. The molecule has 3 aromatic carbocycles. The molecule has 0 atom stereocenters. The van der Waals surface area contributed by atoms with Gasteiger partial charge in [0.1, 0.15) is 29.0 Å². The van der Waals surface area contributed by atoms with Crippen LogP contribution in [0.4, 0.5) is 10.2 Å². The van der Waals surface area contributed by atoms with Crippen LogP contribution in [0.3, 0.4) is 0 Å². The van der Waals surface area contributed by atoms with Gasteiger partial charge in [-0.3, -0.25) is 4.79 Å². The molecule has 0 unspecified atom stereocenters. The number of nitrogens with zero attached hydrogens (tertiary/aromatic N) is 3. The molecule has 3 N–H and O–H groups in total. The van der Waals surface area contributed by atoms with Crippen molar-refractivity contribution < 1.29 is 13.9 Å². The van der Waals surface area contributed by atoms with E-state index in [1.54, 1.807) is 12.1 Å². The Morgan fingerprint density at radius 3 is 2.64 bits per heavy atom. The molecular formula is C25H22FN5O2. The topological polar surface area (TPSA) is 106 Å². The second kappa shape index (κ2) is 9.83. The van der Waals surface area contributed by atoms with Crippen LogP contribution >= 0.6 is 0 Å². The number of nitrogens with one attached hydrogen (secondary N) is 1. The number of ether oxygens (including phenoxy) is 1. The molecule has 8 heteroatoms. The van der Waals surface area contributed by atoms with E-state index in [4.69, 9.17) is 10.5 Å². The number of nitriles is 1. The van der Waals surface area contributed by atoms with Crippen molar-refractivity contribution in [3.05, 3.63) is 83.8 Å². The number of hydrogen-bond donors (Lipinski definition) is 2. The van der Waals surface area contributed by atoms with E-state index < -0.39 is 0 Å². The summed E-state index contributed by atoms with van der Waals surface area (Å²) in [6.45, 7) is 0.308. The van der Waals surface area contributed by atoms with Crippen LogP contribution in [0.5, 0.6) is 5.75 Å². The van der Waals surface area contributed by atoms with Gasteiger partial charge in [0.25, 0.3) is 5.91 Å². The zero-order valence-corrected chi connectivity index (χ0v) is 17.8. The van der Waals surface area contributed by atoms with Gasteiger partial charge in [-0.25, -0.2) is 9.07 Å². The van der Waals surface area contributed by atoms with E-state index >= 15 is 0 Å². The van der Waals surface area contributed by atoms with Crippen molar-refractivity contribution >= 4 is 22.5 Å². The van der Waals surface area contributed by atoms with Gasteiger partial charge >= 0.3 is 0 Å². The zero-order chi connectivity index (χ0) is 23.2. The number of amides is 1.